The van der Waals surface area contributed by atoms with Crippen molar-refractivity contribution in [2.45, 2.75) is 32.1 Å². The number of nitrogens with zero attached hydrogens (tertiary/aromatic N) is 1. The Hall–Kier alpha value is -2.18. The number of ketones is 1. The van der Waals surface area contributed by atoms with Crippen molar-refractivity contribution in [1.29, 1.82) is 0 Å². The number of fused-ring (bicyclic) bond motifs is 1. The fraction of sp³-hybridized carbons (Fsp3) is 0.381. The Bertz CT molecular complexity index is 951. The lowest BCUT2D eigenvalue weighted by Crippen LogP contribution is -2.53. The van der Waals surface area contributed by atoms with Gasteiger partial charge in [-0.3, -0.25) is 4.79 Å². The number of likely N-dealkylation sites (N-methyl/N-ethyl adjacent to an activating group) is 1. The number of carbonyl (C=O) groups excluding carboxylic acids is 1. The summed E-state index contributed by atoms with van der Waals surface area (Å²) in [5.41, 5.74) is 1.36. The Morgan fingerprint density at radius 1 is 1.15 bits per heavy atom. The van der Waals surface area contributed by atoms with Gasteiger partial charge in [0.15, 0.2) is 5.78 Å². The van der Waals surface area contributed by atoms with Gasteiger partial charge in [-0.05, 0) is 29.7 Å². The molecular formula is C21H25NO4S. The van der Waals surface area contributed by atoms with E-state index in [0.29, 0.717) is 17.7 Å². The number of Topliss-reactive ketones (excluding diaryl/α,β-unsaturated/α-hetero) is 1. The zero-order chi connectivity index (χ0) is 19.8. The zero-order valence-electron chi connectivity index (χ0n) is 16.1. The van der Waals surface area contributed by atoms with Gasteiger partial charge in [0.25, 0.3) is 0 Å². The van der Waals surface area contributed by atoms with E-state index in [1.54, 1.807) is 38.4 Å². The summed E-state index contributed by atoms with van der Waals surface area (Å²) in [6.45, 7) is 3.63. The number of ether oxygens (including phenoxy) is 1. The molecule has 27 heavy (non-hydrogen) atoms. The largest absolute Gasteiger partial charge is 0.497 e. The minimum absolute atomic E-state index is 0.0607. The summed E-state index contributed by atoms with van der Waals surface area (Å²) in [4.78, 5) is 13.1. The van der Waals surface area contributed by atoms with E-state index in [1.165, 1.54) is 4.31 Å². The molecule has 0 amide bonds. The molecule has 0 aromatic heterocycles. The first-order chi connectivity index (χ1) is 12.7. The molecule has 6 heteroatoms. The van der Waals surface area contributed by atoms with Crippen molar-refractivity contribution < 1.29 is 17.9 Å². The molecule has 1 atom stereocenters. The van der Waals surface area contributed by atoms with Crippen LogP contribution in [0.25, 0.3) is 0 Å². The molecule has 0 spiro atoms. The monoisotopic (exact) mass is 387 g/mol. The van der Waals surface area contributed by atoms with Crippen LogP contribution < -0.4 is 4.74 Å². The molecule has 1 unspecified atom stereocenters. The van der Waals surface area contributed by atoms with E-state index in [4.69, 9.17) is 4.74 Å². The van der Waals surface area contributed by atoms with Crippen LogP contribution in [0.5, 0.6) is 5.75 Å². The van der Waals surface area contributed by atoms with Crippen molar-refractivity contribution in [3.8, 4) is 5.75 Å². The van der Waals surface area contributed by atoms with Gasteiger partial charge in [0, 0.05) is 24.1 Å². The van der Waals surface area contributed by atoms with E-state index in [9.17, 15) is 13.2 Å². The van der Waals surface area contributed by atoms with Crippen molar-refractivity contribution in [3.05, 3.63) is 65.2 Å². The number of rotatable bonds is 5. The van der Waals surface area contributed by atoms with Gasteiger partial charge in [0.2, 0.25) is 10.0 Å². The SMILES string of the molecule is COc1ccc2c(c1)C(=O)C(C)(C)C(N(C)S(=O)(=O)Cc1ccccc1)C2. The van der Waals surface area contributed by atoms with Crippen LogP contribution in [-0.4, -0.2) is 38.7 Å². The summed E-state index contributed by atoms with van der Waals surface area (Å²) in [6.07, 6.45) is 0.489. The van der Waals surface area contributed by atoms with Crippen molar-refractivity contribution in [3.63, 3.8) is 0 Å². The van der Waals surface area contributed by atoms with Gasteiger partial charge in [-0.15, -0.1) is 0 Å². The fourth-order valence-corrected chi connectivity index (χ4v) is 5.24. The van der Waals surface area contributed by atoms with E-state index in [1.807, 2.05) is 38.1 Å². The summed E-state index contributed by atoms with van der Waals surface area (Å²) >= 11 is 0. The number of sulfonamides is 1. The zero-order valence-corrected chi connectivity index (χ0v) is 16.9. The molecule has 5 nitrogen and oxygen atoms in total. The molecule has 144 valence electrons. The molecule has 2 aromatic carbocycles. The van der Waals surface area contributed by atoms with Crippen molar-refractivity contribution >= 4 is 15.8 Å². The van der Waals surface area contributed by atoms with Crippen molar-refractivity contribution in [1.82, 2.24) is 4.31 Å². The maximum atomic E-state index is 13.1. The van der Waals surface area contributed by atoms with E-state index in [-0.39, 0.29) is 11.5 Å². The smallest absolute Gasteiger partial charge is 0.218 e. The lowest BCUT2D eigenvalue weighted by Gasteiger charge is -2.42. The average molecular weight is 388 g/mol. The Labute approximate surface area is 161 Å². The van der Waals surface area contributed by atoms with E-state index in [0.717, 1.165) is 11.1 Å². The van der Waals surface area contributed by atoms with Crippen LogP contribution in [0.2, 0.25) is 0 Å². The van der Waals surface area contributed by atoms with Crippen LogP contribution in [-0.2, 0) is 22.2 Å². The summed E-state index contributed by atoms with van der Waals surface area (Å²) < 4.78 is 32.6. The predicted molar refractivity (Wildman–Crippen MR) is 105 cm³/mol. The minimum Gasteiger partial charge on any atom is -0.497 e. The Morgan fingerprint density at radius 3 is 2.44 bits per heavy atom. The third-order valence-corrected chi connectivity index (χ3v) is 7.29. The van der Waals surface area contributed by atoms with Gasteiger partial charge in [-0.1, -0.05) is 50.2 Å². The van der Waals surface area contributed by atoms with Crippen LogP contribution in [0.15, 0.2) is 48.5 Å². The minimum atomic E-state index is -3.57. The number of hydrogen-bond acceptors (Lipinski definition) is 4. The normalized spacial score (nSPS) is 19.0. The molecule has 0 heterocycles. The molecular weight excluding hydrogens is 362 g/mol. The fourth-order valence-electron chi connectivity index (χ4n) is 3.70. The van der Waals surface area contributed by atoms with Crippen molar-refractivity contribution in [2.24, 2.45) is 5.41 Å². The molecule has 1 aliphatic carbocycles. The van der Waals surface area contributed by atoms with E-state index < -0.39 is 21.5 Å². The van der Waals surface area contributed by atoms with Crippen LogP contribution in [0.4, 0.5) is 0 Å². The molecule has 0 bridgehead atoms. The molecule has 0 saturated heterocycles. The second-order valence-electron chi connectivity index (χ2n) is 7.55. The van der Waals surface area contributed by atoms with Crippen molar-refractivity contribution in [2.75, 3.05) is 14.2 Å². The van der Waals surface area contributed by atoms with Gasteiger partial charge in [0.1, 0.15) is 5.75 Å². The van der Waals surface area contributed by atoms with Gasteiger partial charge < -0.3 is 4.74 Å². The highest BCUT2D eigenvalue weighted by Gasteiger charge is 2.47. The first kappa shape index (κ1) is 19.6. The highest BCUT2D eigenvalue weighted by Crippen LogP contribution is 2.39. The second-order valence-corrected chi connectivity index (χ2v) is 9.58. The number of hydrogen-bond donors (Lipinski definition) is 0. The standard InChI is InChI=1S/C21H25NO4S/c1-21(2)19(12-16-10-11-17(26-4)13-18(16)20(21)23)22(3)27(24,25)14-15-8-6-5-7-9-15/h5-11,13,19H,12,14H2,1-4H3. The molecule has 3 rings (SSSR count). The Kier molecular flexibility index (Phi) is 5.14. The first-order valence-corrected chi connectivity index (χ1v) is 10.5. The second kappa shape index (κ2) is 7.09. The van der Waals surface area contributed by atoms with E-state index >= 15 is 0 Å². The number of benzene rings is 2. The average Bonchev–Trinajstić information content (AvgIpc) is 2.64. The first-order valence-electron chi connectivity index (χ1n) is 8.88. The summed E-state index contributed by atoms with van der Waals surface area (Å²) in [7, 11) is -0.428. The summed E-state index contributed by atoms with van der Waals surface area (Å²) in [6, 6.07) is 14.0. The maximum Gasteiger partial charge on any atom is 0.218 e. The topological polar surface area (TPSA) is 63.7 Å². The lowest BCUT2D eigenvalue weighted by atomic mass is 9.69. The molecule has 0 saturated carbocycles. The number of carbonyl (C=O) groups is 1. The van der Waals surface area contributed by atoms with Gasteiger partial charge >= 0.3 is 0 Å². The van der Waals surface area contributed by atoms with Gasteiger partial charge in [-0.2, -0.15) is 0 Å². The predicted octanol–water partition coefficient (Wildman–Crippen LogP) is 3.29. The van der Waals surface area contributed by atoms with Crippen LogP contribution in [0.1, 0.15) is 35.3 Å². The van der Waals surface area contributed by atoms with Gasteiger partial charge in [0.05, 0.1) is 12.9 Å². The number of methoxy groups -OCH3 is 1. The highest BCUT2D eigenvalue weighted by atomic mass is 32.2. The Balaban J connectivity index is 1.94. The van der Waals surface area contributed by atoms with Gasteiger partial charge in [-0.25, -0.2) is 12.7 Å². The molecule has 0 N–H and O–H groups in total. The highest BCUT2D eigenvalue weighted by molar-refractivity contribution is 7.88. The lowest BCUT2D eigenvalue weighted by molar-refractivity contribution is 0.0697. The summed E-state index contributed by atoms with van der Waals surface area (Å²) in [5.74, 6) is 0.483. The third kappa shape index (κ3) is 3.64. The molecule has 0 aliphatic heterocycles. The molecule has 1 aliphatic rings. The molecule has 0 radical (unpaired) electrons. The van der Waals surface area contributed by atoms with Crippen LogP contribution >= 0.6 is 0 Å². The summed E-state index contributed by atoms with van der Waals surface area (Å²) in [5, 5.41) is 0. The maximum absolute atomic E-state index is 13.1. The quantitative estimate of drug-likeness (QED) is 0.790. The molecule has 2 aromatic rings. The van der Waals surface area contributed by atoms with Crippen LogP contribution in [0.3, 0.4) is 0 Å². The van der Waals surface area contributed by atoms with Crippen LogP contribution in [0, 0.1) is 5.41 Å². The Morgan fingerprint density at radius 2 is 1.81 bits per heavy atom. The molecule has 0 fully saturated rings. The van der Waals surface area contributed by atoms with E-state index in [2.05, 4.69) is 0 Å². The third-order valence-electron chi connectivity index (χ3n) is 5.46.